The first-order valence-corrected chi connectivity index (χ1v) is 11.9. The molecule has 5 nitrogen and oxygen atoms in total. The molecule has 0 N–H and O–H groups in total. The van der Waals surface area contributed by atoms with E-state index in [0.717, 1.165) is 18.4 Å². The number of carbonyl (C=O) groups is 2. The minimum absolute atomic E-state index is 0.0176. The number of amides is 2. The molecule has 1 aliphatic heterocycles. The monoisotopic (exact) mass is 439 g/mol. The summed E-state index contributed by atoms with van der Waals surface area (Å²) in [4.78, 5) is 26.4. The lowest BCUT2D eigenvalue weighted by Gasteiger charge is -2.44. The van der Waals surface area contributed by atoms with Crippen LogP contribution in [-0.2, 0) is 24.5 Å². The Labute approximate surface area is 192 Å². The highest BCUT2D eigenvalue weighted by molar-refractivity contribution is 6.05. The first kappa shape index (κ1) is 23.2. The quantitative estimate of drug-likeness (QED) is 0.488. The van der Waals surface area contributed by atoms with Crippen molar-refractivity contribution in [2.45, 2.75) is 64.1 Å². The van der Waals surface area contributed by atoms with Gasteiger partial charge in [-0.05, 0) is 47.6 Å². The molecule has 32 heavy (non-hydrogen) atoms. The van der Waals surface area contributed by atoms with E-state index in [9.17, 15) is 9.59 Å². The molecule has 2 aliphatic carbocycles. The molecule has 5 heteroatoms. The minimum Gasteiger partial charge on any atom is -0.377 e. The van der Waals surface area contributed by atoms with Gasteiger partial charge in [0.25, 0.3) is 0 Å². The molecule has 1 aromatic carbocycles. The Morgan fingerprint density at radius 2 is 1.81 bits per heavy atom. The van der Waals surface area contributed by atoms with Crippen LogP contribution >= 0.6 is 0 Å². The van der Waals surface area contributed by atoms with Crippen LogP contribution in [0.25, 0.3) is 0 Å². The molecule has 1 heterocycles. The lowest BCUT2D eigenvalue weighted by Crippen LogP contribution is -2.43. The molecule has 2 fully saturated rings. The van der Waals surface area contributed by atoms with Gasteiger partial charge in [-0.25, -0.2) is 0 Å². The summed E-state index contributed by atoms with van der Waals surface area (Å²) in [5, 5.41) is 0. The maximum atomic E-state index is 12.6. The van der Waals surface area contributed by atoms with Crippen LogP contribution in [0, 0.1) is 23.7 Å². The zero-order valence-corrected chi connectivity index (χ0v) is 20.0. The highest BCUT2D eigenvalue weighted by Gasteiger charge is 2.51. The zero-order valence-electron chi connectivity index (χ0n) is 20.0. The van der Waals surface area contributed by atoms with E-state index in [1.54, 1.807) is 14.2 Å². The number of methoxy groups -OCH3 is 1. The van der Waals surface area contributed by atoms with Gasteiger partial charge in [-0.1, -0.05) is 63.6 Å². The Balaban J connectivity index is 1.50. The average Bonchev–Trinajstić information content (AvgIpc) is 3.01. The summed E-state index contributed by atoms with van der Waals surface area (Å²) in [6, 6.07) is 10.7. The van der Waals surface area contributed by atoms with Crippen LogP contribution < -0.4 is 0 Å². The van der Waals surface area contributed by atoms with E-state index in [1.165, 1.54) is 16.9 Å². The van der Waals surface area contributed by atoms with E-state index in [4.69, 9.17) is 9.47 Å². The molecule has 6 atom stereocenters. The Morgan fingerprint density at radius 3 is 2.50 bits per heavy atom. The van der Waals surface area contributed by atoms with E-state index in [2.05, 4.69) is 51.1 Å². The van der Waals surface area contributed by atoms with Gasteiger partial charge in [0.1, 0.15) is 0 Å². The molecule has 0 unspecified atom stereocenters. The van der Waals surface area contributed by atoms with Gasteiger partial charge in [0, 0.05) is 14.2 Å². The second kappa shape index (κ2) is 9.11. The molecule has 174 valence electrons. The number of carbonyl (C=O) groups excluding carboxylic acids is 2. The maximum Gasteiger partial charge on any atom is 0.235 e. The maximum absolute atomic E-state index is 12.6. The van der Waals surface area contributed by atoms with Crippen molar-refractivity contribution in [3.05, 3.63) is 47.5 Å². The predicted molar refractivity (Wildman–Crippen MR) is 124 cm³/mol. The fraction of sp³-hybridized carbons (Fsp3) is 0.630. The molecule has 0 radical (unpaired) electrons. The highest BCUT2D eigenvalue weighted by Crippen LogP contribution is 2.44. The van der Waals surface area contributed by atoms with Gasteiger partial charge in [-0.15, -0.1) is 0 Å². The molecular formula is C27H37NO4. The van der Waals surface area contributed by atoms with Crippen molar-refractivity contribution >= 4 is 11.8 Å². The van der Waals surface area contributed by atoms with Crippen LogP contribution in [0.15, 0.2) is 42.0 Å². The van der Waals surface area contributed by atoms with Crippen molar-refractivity contribution in [1.82, 2.24) is 4.90 Å². The van der Waals surface area contributed by atoms with Crippen molar-refractivity contribution in [3.63, 3.8) is 0 Å². The standard InChI is InChI=1S/C27H37NO4/c1-17-11-12-21(27(2,3)19-9-7-6-8-10-19)22(13-17)32-16-18-14-20-24(23(15-18)31-5)26(30)28(4)25(20)29/h6-10,15,17,20-24H,11-14,16H2,1-5H3/t17-,20+,21-,22-,23-,24+/m1/s1. The van der Waals surface area contributed by atoms with Crippen LogP contribution in [0.1, 0.15) is 52.0 Å². The van der Waals surface area contributed by atoms with Gasteiger partial charge in [0.15, 0.2) is 0 Å². The SMILES string of the molecule is CO[C@@H]1C=C(CO[C@@H]2C[C@H](C)CC[C@H]2C(C)(C)c2ccccc2)C[C@@H]2C(=O)N(C)C(=O)[C@@H]21. The smallest absolute Gasteiger partial charge is 0.235 e. The lowest BCUT2D eigenvalue weighted by molar-refractivity contribution is -0.138. The highest BCUT2D eigenvalue weighted by atomic mass is 16.5. The molecule has 3 aliphatic rings. The van der Waals surface area contributed by atoms with Gasteiger partial charge in [0.2, 0.25) is 11.8 Å². The van der Waals surface area contributed by atoms with Crippen LogP contribution in [0.4, 0.5) is 0 Å². The van der Waals surface area contributed by atoms with E-state index in [0.29, 0.717) is 24.9 Å². The molecule has 1 saturated heterocycles. The molecule has 4 rings (SSSR count). The van der Waals surface area contributed by atoms with Gasteiger partial charge in [-0.3, -0.25) is 14.5 Å². The summed E-state index contributed by atoms with van der Waals surface area (Å²) in [5.41, 5.74) is 2.44. The first-order valence-electron chi connectivity index (χ1n) is 11.9. The van der Waals surface area contributed by atoms with Crippen molar-refractivity contribution in [2.24, 2.45) is 23.7 Å². The van der Waals surface area contributed by atoms with E-state index in [-0.39, 0.29) is 35.4 Å². The molecule has 0 spiro atoms. The van der Waals surface area contributed by atoms with Crippen LogP contribution in [0.2, 0.25) is 0 Å². The summed E-state index contributed by atoms with van der Waals surface area (Å²) in [5.74, 6) is 0.110. The molecule has 1 aromatic rings. The number of imide groups is 1. The minimum atomic E-state index is -0.402. The van der Waals surface area contributed by atoms with Crippen molar-refractivity contribution in [2.75, 3.05) is 20.8 Å². The number of benzene rings is 1. The lowest BCUT2D eigenvalue weighted by atomic mass is 9.64. The van der Waals surface area contributed by atoms with Crippen molar-refractivity contribution in [1.29, 1.82) is 0 Å². The summed E-state index contributed by atoms with van der Waals surface area (Å²) in [6.45, 7) is 7.48. The predicted octanol–water partition coefficient (Wildman–Crippen LogP) is 4.36. The number of hydrogen-bond acceptors (Lipinski definition) is 4. The van der Waals surface area contributed by atoms with Gasteiger partial charge >= 0.3 is 0 Å². The molecule has 1 saturated carbocycles. The summed E-state index contributed by atoms with van der Waals surface area (Å²) in [7, 11) is 3.19. The fourth-order valence-electron chi connectivity index (χ4n) is 6.13. The number of nitrogens with zero attached hydrogens (tertiary/aromatic N) is 1. The summed E-state index contributed by atoms with van der Waals surface area (Å²) in [6.07, 6.45) is 5.82. The van der Waals surface area contributed by atoms with Crippen LogP contribution in [-0.4, -0.2) is 49.7 Å². The van der Waals surface area contributed by atoms with Gasteiger partial charge in [0.05, 0.1) is 30.7 Å². The Bertz CT molecular complexity index is 877. The summed E-state index contributed by atoms with van der Waals surface area (Å²) < 4.78 is 12.2. The molecule has 0 bridgehead atoms. The zero-order chi connectivity index (χ0) is 23.0. The number of ether oxygens (including phenoxy) is 2. The normalized spacial score (nSPS) is 33.3. The van der Waals surface area contributed by atoms with E-state index < -0.39 is 5.92 Å². The summed E-state index contributed by atoms with van der Waals surface area (Å²) >= 11 is 0. The Kier molecular flexibility index (Phi) is 6.60. The fourth-order valence-corrected chi connectivity index (χ4v) is 6.13. The first-order chi connectivity index (χ1) is 15.2. The number of fused-ring (bicyclic) bond motifs is 1. The molecular weight excluding hydrogens is 402 g/mol. The third-order valence-electron chi connectivity index (χ3n) is 8.19. The number of rotatable bonds is 6. The number of hydrogen-bond donors (Lipinski definition) is 0. The van der Waals surface area contributed by atoms with E-state index >= 15 is 0 Å². The largest absolute Gasteiger partial charge is 0.377 e. The van der Waals surface area contributed by atoms with Crippen LogP contribution in [0.5, 0.6) is 0 Å². The molecule has 2 amide bonds. The topological polar surface area (TPSA) is 55.8 Å². The Hall–Kier alpha value is -1.98. The third kappa shape index (κ3) is 4.17. The number of likely N-dealkylation sites (tertiary alicyclic amines) is 1. The second-order valence-corrected chi connectivity index (χ2v) is 10.6. The Morgan fingerprint density at radius 1 is 1.09 bits per heavy atom. The van der Waals surface area contributed by atoms with E-state index in [1.807, 2.05) is 6.08 Å². The van der Waals surface area contributed by atoms with Gasteiger partial charge in [-0.2, -0.15) is 0 Å². The van der Waals surface area contributed by atoms with Crippen molar-refractivity contribution in [3.8, 4) is 0 Å². The third-order valence-corrected chi connectivity index (χ3v) is 8.19. The molecule has 0 aromatic heterocycles. The van der Waals surface area contributed by atoms with Crippen LogP contribution in [0.3, 0.4) is 0 Å². The van der Waals surface area contributed by atoms with Gasteiger partial charge < -0.3 is 9.47 Å². The van der Waals surface area contributed by atoms with Crippen molar-refractivity contribution < 1.29 is 19.1 Å². The second-order valence-electron chi connectivity index (χ2n) is 10.6. The average molecular weight is 440 g/mol.